The Kier molecular flexibility index (Phi) is 44.0. The Morgan fingerprint density at radius 1 is 0.484 bits per heavy atom. The van der Waals surface area contributed by atoms with Crippen LogP contribution in [-0.2, 0) is 28.6 Å². The molecule has 0 saturated carbocycles. The fourth-order valence-electron chi connectivity index (χ4n) is 7.28. The van der Waals surface area contributed by atoms with Crippen LogP contribution in [0.2, 0.25) is 0 Å². The van der Waals surface area contributed by atoms with Crippen LogP contribution in [0.3, 0.4) is 0 Å². The Bertz CT molecular complexity index is 1270. The summed E-state index contributed by atoms with van der Waals surface area (Å²) < 4.78 is 17.2. The van der Waals surface area contributed by atoms with Crippen molar-refractivity contribution in [2.45, 2.75) is 225 Å². The highest BCUT2D eigenvalue weighted by Crippen LogP contribution is 2.14. The third kappa shape index (κ3) is 44.0. The van der Waals surface area contributed by atoms with Crippen molar-refractivity contribution in [3.8, 4) is 0 Å². The predicted molar refractivity (Wildman–Crippen MR) is 268 cm³/mol. The lowest BCUT2D eigenvalue weighted by atomic mass is 10.1. The number of aliphatic carboxylic acids is 1. The summed E-state index contributed by atoms with van der Waals surface area (Å²) in [6, 6.07) is -0.733. The van der Waals surface area contributed by atoms with E-state index in [1.165, 1.54) is 96.3 Å². The third-order valence-electron chi connectivity index (χ3n) is 11.3. The normalized spacial score (nSPS) is 13.5. The molecule has 0 amide bonds. The van der Waals surface area contributed by atoms with E-state index in [2.05, 4.69) is 86.8 Å². The van der Waals surface area contributed by atoms with Crippen molar-refractivity contribution in [2.24, 2.45) is 0 Å². The summed E-state index contributed by atoms with van der Waals surface area (Å²) in [5.41, 5.74) is 0. The quantitative estimate of drug-likeness (QED) is 0.0197. The molecule has 0 heterocycles. The molecule has 2 atom stereocenters. The van der Waals surface area contributed by atoms with E-state index in [0.717, 1.165) is 83.5 Å². The summed E-state index contributed by atoms with van der Waals surface area (Å²) in [6.45, 7) is 4.59. The lowest BCUT2D eigenvalue weighted by Gasteiger charge is -2.34. The number of unbranched alkanes of at least 4 members (excludes halogenated alkanes) is 21. The van der Waals surface area contributed by atoms with Gasteiger partial charge < -0.3 is 28.6 Å². The first-order valence-corrected chi connectivity index (χ1v) is 26.0. The lowest BCUT2D eigenvalue weighted by molar-refractivity contribution is -0.889. The first-order valence-electron chi connectivity index (χ1n) is 26.0. The van der Waals surface area contributed by atoms with Crippen LogP contribution < -0.4 is 5.11 Å². The maximum atomic E-state index is 12.8. The zero-order valence-electron chi connectivity index (χ0n) is 41.9. The molecule has 0 spiro atoms. The van der Waals surface area contributed by atoms with Gasteiger partial charge in [0.1, 0.15) is 12.6 Å². The Balaban J connectivity index is 4.30. The minimum Gasteiger partial charge on any atom is -0.544 e. The Labute approximate surface area is 393 Å². The van der Waals surface area contributed by atoms with Crippen LogP contribution in [0, 0.1) is 0 Å². The minimum atomic E-state index is -1.13. The Morgan fingerprint density at radius 2 is 0.875 bits per heavy atom. The van der Waals surface area contributed by atoms with Gasteiger partial charge in [0.15, 0.2) is 6.10 Å². The van der Waals surface area contributed by atoms with Crippen molar-refractivity contribution < 1.29 is 38.2 Å². The zero-order chi connectivity index (χ0) is 47.0. The SMILES string of the molecule is CCCCC/C=C/C=C/CCCCCCCCCCCCC(=O)OC(COCCC(C(=O)[O-])[N+](C)(C)C)COC(=O)CCCCCCC/C=C/C/C=C/C/C=C/C/C=C/CCCCC. The Morgan fingerprint density at radius 3 is 1.31 bits per heavy atom. The molecule has 0 aliphatic rings. The summed E-state index contributed by atoms with van der Waals surface area (Å²) in [7, 11) is 5.41. The molecule has 0 aromatic heterocycles. The molecule has 2 unspecified atom stereocenters. The highest BCUT2D eigenvalue weighted by Gasteiger charge is 2.25. The van der Waals surface area contributed by atoms with E-state index in [1.807, 2.05) is 0 Å². The van der Waals surface area contributed by atoms with E-state index in [4.69, 9.17) is 14.2 Å². The van der Waals surface area contributed by atoms with Crippen molar-refractivity contribution in [2.75, 3.05) is 41.0 Å². The van der Waals surface area contributed by atoms with Gasteiger partial charge in [-0.05, 0) is 83.5 Å². The van der Waals surface area contributed by atoms with Gasteiger partial charge in [-0.2, -0.15) is 0 Å². The molecule has 0 fully saturated rings. The maximum Gasteiger partial charge on any atom is 0.306 e. The first-order chi connectivity index (χ1) is 31.1. The molecule has 0 radical (unpaired) electrons. The fourth-order valence-corrected chi connectivity index (χ4v) is 7.28. The molecular formula is C56H97NO7. The number of carbonyl (C=O) groups excluding carboxylic acids is 3. The van der Waals surface area contributed by atoms with Gasteiger partial charge >= 0.3 is 11.9 Å². The molecular weight excluding hydrogens is 799 g/mol. The lowest BCUT2D eigenvalue weighted by Crippen LogP contribution is -2.55. The van der Waals surface area contributed by atoms with E-state index in [1.54, 1.807) is 21.1 Å². The molecule has 0 aliphatic carbocycles. The molecule has 64 heavy (non-hydrogen) atoms. The molecule has 0 aromatic rings. The highest BCUT2D eigenvalue weighted by molar-refractivity contribution is 5.70. The second-order valence-electron chi connectivity index (χ2n) is 18.4. The van der Waals surface area contributed by atoms with E-state index in [9.17, 15) is 19.5 Å². The van der Waals surface area contributed by atoms with Gasteiger partial charge in [0.2, 0.25) is 0 Å². The highest BCUT2D eigenvalue weighted by atomic mass is 16.6. The number of carboxylic acid groups (broad SMARTS) is 1. The van der Waals surface area contributed by atoms with Gasteiger partial charge in [0, 0.05) is 19.3 Å². The van der Waals surface area contributed by atoms with Gasteiger partial charge in [-0.1, -0.05) is 183 Å². The molecule has 8 nitrogen and oxygen atoms in total. The number of hydrogen-bond acceptors (Lipinski definition) is 7. The van der Waals surface area contributed by atoms with E-state index in [-0.39, 0.29) is 42.7 Å². The van der Waals surface area contributed by atoms with E-state index < -0.39 is 18.1 Å². The summed E-state index contributed by atoms with van der Waals surface area (Å²) in [4.78, 5) is 37.1. The summed E-state index contributed by atoms with van der Waals surface area (Å²) in [6.07, 6.45) is 59.2. The third-order valence-corrected chi connectivity index (χ3v) is 11.3. The summed E-state index contributed by atoms with van der Waals surface area (Å²) in [5, 5.41) is 11.7. The molecule has 0 N–H and O–H groups in total. The van der Waals surface area contributed by atoms with Crippen LogP contribution >= 0.6 is 0 Å². The van der Waals surface area contributed by atoms with E-state index in [0.29, 0.717) is 12.8 Å². The van der Waals surface area contributed by atoms with Crippen LogP contribution in [0.5, 0.6) is 0 Å². The predicted octanol–water partition coefficient (Wildman–Crippen LogP) is 13.8. The number of hydrogen-bond donors (Lipinski definition) is 0. The number of quaternary nitrogens is 1. The molecule has 8 heteroatoms. The van der Waals surface area contributed by atoms with Gasteiger partial charge in [0.25, 0.3) is 0 Å². The largest absolute Gasteiger partial charge is 0.544 e. The van der Waals surface area contributed by atoms with Crippen molar-refractivity contribution in [1.29, 1.82) is 0 Å². The second kappa shape index (κ2) is 46.3. The van der Waals surface area contributed by atoms with Crippen LogP contribution in [0.25, 0.3) is 0 Å². The summed E-state index contributed by atoms with van der Waals surface area (Å²) in [5.74, 6) is -1.76. The van der Waals surface area contributed by atoms with Crippen molar-refractivity contribution in [1.82, 2.24) is 0 Å². The van der Waals surface area contributed by atoms with Gasteiger partial charge in [-0.15, -0.1) is 0 Å². The first kappa shape index (κ1) is 60.8. The van der Waals surface area contributed by atoms with Gasteiger partial charge in [-0.25, -0.2) is 0 Å². The molecule has 0 aliphatic heterocycles. The number of allylic oxidation sites excluding steroid dienone is 12. The number of carboxylic acids is 1. The molecule has 368 valence electrons. The van der Waals surface area contributed by atoms with Gasteiger partial charge in [0.05, 0.1) is 40.3 Å². The average molecular weight is 896 g/mol. The van der Waals surface area contributed by atoms with Gasteiger partial charge in [-0.3, -0.25) is 9.59 Å². The van der Waals surface area contributed by atoms with Crippen LogP contribution in [0.15, 0.2) is 72.9 Å². The number of nitrogens with zero attached hydrogens (tertiary/aromatic N) is 1. The molecule has 0 rings (SSSR count). The number of carbonyl (C=O) groups is 3. The fraction of sp³-hybridized carbons (Fsp3) is 0.732. The second-order valence-corrected chi connectivity index (χ2v) is 18.4. The Hall–Kier alpha value is -3.23. The topological polar surface area (TPSA) is 102 Å². The number of rotatable bonds is 46. The van der Waals surface area contributed by atoms with Crippen molar-refractivity contribution in [3.63, 3.8) is 0 Å². The number of ether oxygens (including phenoxy) is 3. The average Bonchev–Trinajstić information content (AvgIpc) is 3.26. The van der Waals surface area contributed by atoms with Crippen LogP contribution in [0.1, 0.15) is 213 Å². The van der Waals surface area contributed by atoms with E-state index >= 15 is 0 Å². The van der Waals surface area contributed by atoms with Crippen LogP contribution in [0.4, 0.5) is 0 Å². The molecule has 0 aromatic carbocycles. The minimum absolute atomic E-state index is 0.0304. The molecule has 0 saturated heterocycles. The maximum absolute atomic E-state index is 12.8. The zero-order valence-corrected chi connectivity index (χ0v) is 41.9. The smallest absolute Gasteiger partial charge is 0.306 e. The van der Waals surface area contributed by atoms with Crippen LogP contribution in [-0.4, -0.2) is 75.5 Å². The number of likely N-dealkylation sites (N-methyl/N-ethyl adjacent to an activating group) is 1. The number of esters is 2. The summed E-state index contributed by atoms with van der Waals surface area (Å²) >= 11 is 0. The van der Waals surface area contributed by atoms with Crippen molar-refractivity contribution >= 4 is 17.9 Å². The monoisotopic (exact) mass is 896 g/mol. The molecule has 0 bridgehead atoms. The van der Waals surface area contributed by atoms with Crippen molar-refractivity contribution in [3.05, 3.63) is 72.9 Å². The standard InChI is InChI=1S/C56H97NO7/c1-6-8-10-12-14-16-18-20-22-24-26-27-29-30-32-34-36-38-40-42-44-46-54(58)63-51-52(50-62-49-48-53(56(60)61)57(3,4)5)64-55(59)47-45-43-41-39-37-35-33-31-28-25-23-21-19-17-15-13-11-9-7-2/h14-17,19-22,26-27,30,32,52-53H,6-13,18,23-25,28-29,31,33-51H2,1-5H3/b16-14+,17-15+,21-19+,22-20+,27-26+,32-30+.